The molecule has 0 N–H and O–H groups in total. The van der Waals surface area contributed by atoms with Crippen molar-refractivity contribution >= 4 is 39.1 Å². The number of halogens is 3. The maximum absolute atomic E-state index is 5.96. The average molecular weight is 360 g/mol. The molecule has 1 nitrogen and oxygen atoms in total. The van der Waals surface area contributed by atoms with Gasteiger partial charge in [0.1, 0.15) is 12.4 Å². The van der Waals surface area contributed by atoms with Crippen LogP contribution in [0.4, 0.5) is 0 Å². The summed E-state index contributed by atoms with van der Waals surface area (Å²) in [5.41, 5.74) is 3.13. The van der Waals surface area contributed by atoms with Gasteiger partial charge in [0, 0.05) is 15.1 Å². The summed E-state index contributed by atoms with van der Waals surface area (Å²) in [4.78, 5) is 0. The molecule has 0 spiro atoms. The normalized spacial score (nSPS) is 10.5. The summed E-state index contributed by atoms with van der Waals surface area (Å²) < 4.78 is 6.90. The molecule has 0 radical (unpaired) electrons. The van der Waals surface area contributed by atoms with Crippen molar-refractivity contribution in [2.24, 2.45) is 0 Å². The highest BCUT2D eigenvalue weighted by Gasteiger charge is 2.08. The molecular weight excluding hydrogens is 347 g/mol. The second-order valence-corrected chi connectivity index (χ2v) is 5.88. The fourth-order valence-corrected chi connectivity index (χ4v) is 2.79. The molecule has 0 aliphatic carbocycles. The first kappa shape index (κ1) is 14.7. The van der Waals surface area contributed by atoms with Crippen LogP contribution in [0.5, 0.6) is 5.75 Å². The van der Waals surface area contributed by atoms with Crippen LogP contribution >= 0.6 is 39.1 Å². The molecule has 0 atom stereocenters. The van der Waals surface area contributed by atoms with Crippen molar-refractivity contribution in [3.05, 3.63) is 62.6 Å². The molecule has 0 aliphatic heterocycles. The second-order valence-electron chi connectivity index (χ2n) is 4.26. The molecule has 4 heteroatoms. The van der Waals surface area contributed by atoms with Crippen LogP contribution in [0.25, 0.3) is 0 Å². The van der Waals surface area contributed by atoms with E-state index in [4.69, 9.17) is 27.9 Å². The Balaban J connectivity index is 2.17. The Bertz CT molecular complexity index is 567. The van der Waals surface area contributed by atoms with Gasteiger partial charge in [0.05, 0.1) is 5.88 Å². The maximum atomic E-state index is 5.96. The lowest BCUT2D eigenvalue weighted by Crippen LogP contribution is -2.00. The third-order valence-electron chi connectivity index (χ3n) is 2.76. The van der Waals surface area contributed by atoms with Gasteiger partial charge in [-0.2, -0.15) is 0 Å². The smallest absolute Gasteiger partial charge is 0.127 e. The SMILES string of the molecule is Cc1cc(Br)cc(CCl)c1OCc1ccc(Cl)cc1. The van der Waals surface area contributed by atoms with Gasteiger partial charge in [0.25, 0.3) is 0 Å². The number of ether oxygens (including phenoxy) is 1. The highest BCUT2D eigenvalue weighted by Crippen LogP contribution is 2.30. The molecule has 100 valence electrons. The van der Waals surface area contributed by atoms with Gasteiger partial charge in [-0.1, -0.05) is 39.7 Å². The molecule has 19 heavy (non-hydrogen) atoms. The van der Waals surface area contributed by atoms with Gasteiger partial charge in [-0.15, -0.1) is 11.6 Å². The van der Waals surface area contributed by atoms with E-state index in [-0.39, 0.29) is 0 Å². The Morgan fingerprint density at radius 3 is 2.47 bits per heavy atom. The first-order chi connectivity index (χ1) is 9.10. The van der Waals surface area contributed by atoms with E-state index in [0.717, 1.165) is 31.9 Å². The van der Waals surface area contributed by atoms with E-state index in [1.807, 2.05) is 43.3 Å². The first-order valence-electron chi connectivity index (χ1n) is 5.82. The zero-order valence-electron chi connectivity index (χ0n) is 10.4. The Labute approximate surface area is 131 Å². The zero-order chi connectivity index (χ0) is 13.8. The predicted molar refractivity (Wildman–Crippen MR) is 84.2 cm³/mol. The number of rotatable bonds is 4. The van der Waals surface area contributed by atoms with Crippen LogP contribution in [0, 0.1) is 6.92 Å². The van der Waals surface area contributed by atoms with Gasteiger partial charge >= 0.3 is 0 Å². The van der Waals surface area contributed by atoms with Crippen molar-refractivity contribution in [1.82, 2.24) is 0 Å². The summed E-state index contributed by atoms with van der Waals surface area (Å²) in [5, 5.41) is 0.727. The molecule has 0 bridgehead atoms. The van der Waals surface area contributed by atoms with Gasteiger partial charge in [0.15, 0.2) is 0 Å². The largest absolute Gasteiger partial charge is 0.488 e. The van der Waals surface area contributed by atoms with Crippen molar-refractivity contribution in [1.29, 1.82) is 0 Å². The molecule has 0 heterocycles. The van der Waals surface area contributed by atoms with Crippen LogP contribution in [-0.2, 0) is 12.5 Å². The molecule has 0 aliphatic rings. The third kappa shape index (κ3) is 3.88. The zero-order valence-corrected chi connectivity index (χ0v) is 13.5. The predicted octanol–water partition coefficient (Wildman–Crippen LogP) is 5.73. The monoisotopic (exact) mass is 358 g/mol. The lowest BCUT2D eigenvalue weighted by atomic mass is 10.1. The highest BCUT2D eigenvalue weighted by molar-refractivity contribution is 9.10. The molecule has 0 unspecified atom stereocenters. The number of aryl methyl sites for hydroxylation is 1. The summed E-state index contributed by atoms with van der Waals surface area (Å²) in [5.74, 6) is 1.28. The first-order valence-corrected chi connectivity index (χ1v) is 7.53. The van der Waals surface area contributed by atoms with E-state index in [1.54, 1.807) is 0 Å². The Kier molecular flexibility index (Phi) is 5.14. The standard InChI is InChI=1S/C15H13BrCl2O/c1-10-6-13(16)7-12(8-17)15(10)19-9-11-2-4-14(18)5-3-11/h2-7H,8-9H2,1H3. The summed E-state index contributed by atoms with van der Waals surface area (Å²) >= 11 is 15.3. The maximum Gasteiger partial charge on any atom is 0.127 e. The fraction of sp³-hybridized carbons (Fsp3) is 0.200. The van der Waals surface area contributed by atoms with Crippen molar-refractivity contribution in [2.75, 3.05) is 0 Å². The molecule has 2 aromatic rings. The lowest BCUT2D eigenvalue weighted by Gasteiger charge is -2.13. The number of hydrogen-bond donors (Lipinski definition) is 0. The summed E-state index contributed by atoms with van der Waals surface area (Å²) in [7, 11) is 0. The molecule has 0 amide bonds. The van der Waals surface area contributed by atoms with Crippen LogP contribution in [-0.4, -0.2) is 0 Å². The van der Waals surface area contributed by atoms with Crippen LogP contribution in [0.3, 0.4) is 0 Å². The molecule has 0 aromatic heterocycles. The minimum absolute atomic E-state index is 0.427. The molecular formula is C15H13BrCl2O. The second kappa shape index (κ2) is 6.65. The summed E-state index contributed by atoms with van der Waals surface area (Å²) in [6, 6.07) is 11.6. The molecule has 2 rings (SSSR count). The van der Waals surface area contributed by atoms with E-state index in [9.17, 15) is 0 Å². The Morgan fingerprint density at radius 2 is 1.84 bits per heavy atom. The number of benzene rings is 2. The van der Waals surface area contributed by atoms with Crippen LogP contribution in [0.15, 0.2) is 40.9 Å². The van der Waals surface area contributed by atoms with Gasteiger partial charge in [-0.3, -0.25) is 0 Å². The van der Waals surface area contributed by atoms with E-state index >= 15 is 0 Å². The summed E-state index contributed by atoms with van der Waals surface area (Å²) in [6.45, 7) is 2.52. The molecule has 0 saturated heterocycles. The van der Waals surface area contributed by atoms with Crippen molar-refractivity contribution in [2.45, 2.75) is 19.4 Å². The van der Waals surface area contributed by atoms with E-state index in [2.05, 4.69) is 15.9 Å². The van der Waals surface area contributed by atoms with Gasteiger partial charge in [0.2, 0.25) is 0 Å². The fourth-order valence-electron chi connectivity index (χ4n) is 1.84. The van der Waals surface area contributed by atoms with Gasteiger partial charge < -0.3 is 4.74 Å². The van der Waals surface area contributed by atoms with Crippen molar-refractivity contribution in [3.63, 3.8) is 0 Å². The molecule has 0 saturated carbocycles. The molecule has 0 fully saturated rings. The average Bonchev–Trinajstić information content (AvgIpc) is 2.39. The quantitative estimate of drug-likeness (QED) is 0.633. The van der Waals surface area contributed by atoms with E-state index < -0.39 is 0 Å². The summed E-state index contributed by atoms with van der Waals surface area (Å²) in [6.07, 6.45) is 0. The minimum Gasteiger partial charge on any atom is -0.488 e. The minimum atomic E-state index is 0.427. The Hall–Kier alpha value is -0.700. The van der Waals surface area contributed by atoms with Crippen LogP contribution in [0.1, 0.15) is 16.7 Å². The van der Waals surface area contributed by atoms with Gasteiger partial charge in [-0.05, 0) is 42.3 Å². The highest BCUT2D eigenvalue weighted by atomic mass is 79.9. The van der Waals surface area contributed by atoms with Gasteiger partial charge in [-0.25, -0.2) is 0 Å². The van der Waals surface area contributed by atoms with Crippen LogP contribution < -0.4 is 4.74 Å². The number of alkyl halides is 1. The van der Waals surface area contributed by atoms with Crippen molar-refractivity contribution in [3.8, 4) is 5.75 Å². The lowest BCUT2D eigenvalue weighted by molar-refractivity contribution is 0.301. The number of hydrogen-bond acceptors (Lipinski definition) is 1. The van der Waals surface area contributed by atoms with E-state index in [1.165, 1.54) is 0 Å². The molecule has 2 aromatic carbocycles. The van der Waals surface area contributed by atoms with Crippen molar-refractivity contribution < 1.29 is 4.74 Å². The third-order valence-corrected chi connectivity index (χ3v) is 3.75. The topological polar surface area (TPSA) is 9.23 Å². The van der Waals surface area contributed by atoms with Crippen LogP contribution in [0.2, 0.25) is 5.02 Å². The van der Waals surface area contributed by atoms with E-state index in [0.29, 0.717) is 12.5 Å². The Morgan fingerprint density at radius 1 is 1.16 bits per heavy atom.